The van der Waals surface area contributed by atoms with Crippen LogP contribution in [0.15, 0.2) is 30.3 Å². The minimum Gasteiger partial charge on any atom is -0.327 e. The first-order valence-corrected chi connectivity index (χ1v) is 6.61. The molecule has 0 heterocycles. The van der Waals surface area contributed by atoms with Crippen molar-refractivity contribution in [3.05, 3.63) is 35.9 Å². The largest absolute Gasteiger partial charge is 0.327 e. The molecule has 2 fully saturated rings. The van der Waals surface area contributed by atoms with E-state index in [2.05, 4.69) is 30.3 Å². The van der Waals surface area contributed by atoms with E-state index in [0.717, 1.165) is 5.92 Å². The van der Waals surface area contributed by atoms with Gasteiger partial charge in [0.1, 0.15) is 0 Å². The number of fused-ring (bicyclic) bond motifs is 2. The summed E-state index contributed by atoms with van der Waals surface area (Å²) in [4.78, 5) is 0. The SMILES string of the molecule is NC1CCC2(c3ccccc3)CCCC1C2. The quantitative estimate of drug-likeness (QED) is 0.764. The van der Waals surface area contributed by atoms with Crippen LogP contribution in [0.25, 0.3) is 0 Å². The average Bonchev–Trinajstić information content (AvgIpc) is 2.36. The molecule has 1 heteroatoms. The van der Waals surface area contributed by atoms with Crippen LogP contribution in [0, 0.1) is 5.92 Å². The van der Waals surface area contributed by atoms with Gasteiger partial charge in [0, 0.05) is 6.04 Å². The summed E-state index contributed by atoms with van der Waals surface area (Å²) in [6.45, 7) is 0. The Morgan fingerprint density at radius 3 is 2.69 bits per heavy atom. The van der Waals surface area contributed by atoms with Crippen LogP contribution in [-0.2, 0) is 5.41 Å². The zero-order chi connectivity index (χ0) is 11.0. The van der Waals surface area contributed by atoms with Crippen molar-refractivity contribution in [2.45, 2.75) is 50.0 Å². The summed E-state index contributed by atoms with van der Waals surface area (Å²) < 4.78 is 0. The highest BCUT2D eigenvalue weighted by atomic mass is 14.7. The van der Waals surface area contributed by atoms with E-state index < -0.39 is 0 Å². The van der Waals surface area contributed by atoms with Crippen molar-refractivity contribution in [2.24, 2.45) is 11.7 Å². The predicted octanol–water partition coefficient (Wildman–Crippen LogP) is 3.24. The summed E-state index contributed by atoms with van der Waals surface area (Å²) in [6.07, 6.45) is 7.95. The molecule has 3 unspecified atom stereocenters. The second kappa shape index (κ2) is 3.89. The molecule has 2 N–H and O–H groups in total. The molecule has 2 saturated carbocycles. The van der Waals surface area contributed by atoms with Gasteiger partial charge in [-0.25, -0.2) is 0 Å². The van der Waals surface area contributed by atoms with Gasteiger partial charge in [0.05, 0.1) is 0 Å². The number of benzene rings is 1. The molecule has 3 rings (SSSR count). The Bertz CT molecular complexity index is 359. The van der Waals surface area contributed by atoms with Crippen LogP contribution in [0.5, 0.6) is 0 Å². The molecule has 2 aliphatic rings. The van der Waals surface area contributed by atoms with Crippen molar-refractivity contribution in [1.29, 1.82) is 0 Å². The summed E-state index contributed by atoms with van der Waals surface area (Å²) in [6, 6.07) is 11.6. The van der Waals surface area contributed by atoms with Gasteiger partial charge in [0.15, 0.2) is 0 Å². The Labute approximate surface area is 98.0 Å². The molecular formula is C15H21N. The smallest absolute Gasteiger partial charge is 0.00678 e. The predicted molar refractivity (Wildman–Crippen MR) is 67.3 cm³/mol. The van der Waals surface area contributed by atoms with Gasteiger partial charge < -0.3 is 5.73 Å². The standard InChI is InChI=1S/C15H21N/c16-14-8-10-15(9-4-5-12(14)11-15)13-6-2-1-3-7-13/h1-3,6-7,12,14H,4-5,8-11,16H2. The van der Waals surface area contributed by atoms with Crippen molar-refractivity contribution in [3.63, 3.8) is 0 Å². The van der Waals surface area contributed by atoms with E-state index >= 15 is 0 Å². The third-order valence-corrected chi connectivity index (χ3v) is 4.83. The van der Waals surface area contributed by atoms with Crippen molar-refractivity contribution >= 4 is 0 Å². The molecule has 2 aliphatic carbocycles. The first-order chi connectivity index (χ1) is 7.80. The Hall–Kier alpha value is -0.820. The van der Waals surface area contributed by atoms with Gasteiger partial charge >= 0.3 is 0 Å². The van der Waals surface area contributed by atoms with Crippen LogP contribution in [0.2, 0.25) is 0 Å². The molecule has 1 aromatic carbocycles. The zero-order valence-electron chi connectivity index (χ0n) is 9.86. The number of rotatable bonds is 1. The monoisotopic (exact) mass is 215 g/mol. The first kappa shape index (κ1) is 10.3. The van der Waals surface area contributed by atoms with E-state index in [-0.39, 0.29) is 0 Å². The molecule has 0 amide bonds. The van der Waals surface area contributed by atoms with Crippen LogP contribution in [0.1, 0.15) is 44.1 Å². The van der Waals surface area contributed by atoms with E-state index in [4.69, 9.17) is 5.73 Å². The minimum atomic E-state index is 0.470. The molecule has 2 bridgehead atoms. The summed E-state index contributed by atoms with van der Waals surface area (Å²) in [5, 5.41) is 0. The van der Waals surface area contributed by atoms with Crippen molar-refractivity contribution in [1.82, 2.24) is 0 Å². The molecular weight excluding hydrogens is 194 g/mol. The lowest BCUT2D eigenvalue weighted by atomic mass is 9.58. The molecule has 16 heavy (non-hydrogen) atoms. The third kappa shape index (κ3) is 1.58. The number of hydrogen-bond acceptors (Lipinski definition) is 1. The molecule has 0 aromatic heterocycles. The molecule has 86 valence electrons. The fourth-order valence-electron chi connectivity index (χ4n) is 3.88. The van der Waals surface area contributed by atoms with Crippen LogP contribution in [0.3, 0.4) is 0 Å². The van der Waals surface area contributed by atoms with Gasteiger partial charge in [-0.15, -0.1) is 0 Å². The summed E-state index contributed by atoms with van der Waals surface area (Å²) in [5.74, 6) is 0.780. The van der Waals surface area contributed by atoms with E-state index in [1.54, 1.807) is 5.56 Å². The molecule has 1 aromatic rings. The molecule has 0 spiro atoms. The Morgan fingerprint density at radius 1 is 1.06 bits per heavy atom. The van der Waals surface area contributed by atoms with E-state index in [0.29, 0.717) is 11.5 Å². The van der Waals surface area contributed by atoms with Gasteiger partial charge in [0.25, 0.3) is 0 Å². The molecule has 0 radical (unpaired) electrons. The molecule has 1 nitrogen and oxygen atoms in total. The zero-order valence-corrected chi connectivity index (χ0v) is 9.86. The Morgan fingerprint density at radius 2 is 1.88 bits per heavy atom. The lowest BCUT2D eigenvalue weighted by Gasteiger charge is -2.48. The van der Waals surface area contributed by atoms with Gasteiger partial charge in [-0.1, -0.05) is 36.8 Å². The molecule has 3 atom stereocenters. The Balaban J connectivity index is 1.93. The highest BCUT2D eigenvalue weighted by Crippen LogP contribution is 2.49. The lowest BCUT2D eigenvalue weighted by molar-refractivity contribution is 0.129. The lowest BCUT2D eigenvalue weighted by Crippen LogP contribution is -2.46. The first-order valence-electron chi connectivity index (χ1n) is 6.61. The number of hydrogen-bond donors (Lipinski definition) is 1. The normalized spacial score (nSPS) is 38.3. The highest BCUT2D eigenvalue weighted by Gasteiger charge is 2.43. The maximum Gasteiger partial charge on any atom is 0.00678 e. The third-order valence-electron chi connectivity index (χ3n) is 4.83. The van der Waals surface area contributed by atoms with Crippen molar-refractivity contribution in [2.75, 3.05) is 0 Å². The molecule has 0 aliphatic heterocycles. The summed E-state index contributed by atoms with van der Waals surface area (Å²) in [5.41, 5.74) is 8.26. The topological polar surface area (TPSA) is 26.0 Å². The summed E-state index contributed by atoms with van der Waals surface area (Å²) >= 11 is 0. The van der Waals surface area contributed by atoms with Gasteiger partial charge in [-0.2, -0.15) is 0 Å². The van der Waals surface area contributed by atoms with Crippen LogP contribution in [-0.4, -0.2) is 6.04 Å². The highest BCUT2D eigenvalue weighted by molar-refractivity contribution is 5.27. The van der Waals surface area contributed by atoms with Gasteiger partial charge in [-0.3, -0.25) is 0 Å². The van der Waals surface area contributed by atoms with Crippen LogP contribution < -0.4 is 5.73 Å². The molecule has 0 saturated heterocycles. The van der Waals surface area contributed by atoms with Gasteiger partial charge in [0.2, 0.25) is 0 Å². The van der Waals surface area contributed by atoms with E-state index in [1.807, 2.05) is 0 Å². The average molecular weight is 215 g/mol. The second-order valence-electron chi connectivity index (χ2n) is 5.71. The minimum absolute atomic E-state index is 0.470. The van der Waals surface area contributed by atoms with Crippen molar-refractivity contribution in [3.8, 4) is 0 Å². The fourth-order valence-corrected chi connectivity index (χ4v) is 3.88. The Kier molecular flexibility index (Phi) is 2.51. The van der Waals surface area contributed by atoms with E-state index in [1.165, 1.54) is 38.5 Å². The van der Waals surface area contributed by atoms with Crippen molar-refractivity contribution < 1.29 is 0 Å². The van der Waals surface area contributed by atoms with Gasteiger partial charge in [-0.05, 0) is 49.0 Å². The maximum absolute atomic E-state index is 6.22. The summed E-state index contributed by atoms with van der Waals surface area (Å²) in [7, 11) is 0. The van der Waals surface area contributed by atoms with Crippen LogP contribution >= 0.6 is 0 Å². The number of nitrogens with two attached hydrogens (primary N) is 1. The fraction of sp³-hybridized carbons (Fsp3) is 0.600. The van der Waals surface area contributed by atoms with E-state index in [9.17, 15) is 0 Å². The maximum atomic E-state index is 6.22. The second-order valence-corrected chi connectivity index (χ2v) is 5.71. The van der Waals surface area contributed by atoms with Crippen LogP contribution in [0.4, 0.5) is 0 Å².